The second-order valence-electron chi connectivity index (χ2n) is 2.19. The van der Waals surface area contributed by atoms with E-state index in [0.29, 0.717) is 5.02 Å². The first-order chi connectivity index (χ1) is 5.65. The van der Waals surface area contributed by atoms with Crippen molar-refractivity contribution in [3.63, 3.8) is 0 Å². The first-order valence-electron chi connectivity index (χ1n) is 3.16. The number of nitrogens with one attached hydrogen (secondary N) is 1. The van der Waals surface area contributed by atoms with Gasteiger partial charge in [0, 0.05) is 5.02 Å². The summed E-state index contributed by atoms with van der Waals surface area (Å²) in [6, 6.07) is 4.35. The number of phenols is 1. The number of hydrogen-bond donors (Lipinski definition) is 4. The number of phenolic OH excluding ortho intramolecular Hbond substituents is 1. The van der Waals surface area contributed by atoms with E-state index in [4.69, 9.17) is 22.5 Å². The molecule has 5 N–H and O–H groups in total. The fourth-order valence-electron chi connectivity index (χ4n) is 0.784. The molecule has 6 heteroatoms. The molecule has 0 aliphatic carbocycles. The van der Waals surface area contributed by atoms with Crippen LogP contribution in [-0.4, -0.2) is 16.1 Å². The summed E-state index contributed by atoms with van der Waals surface area (Å²) in [7, 11) is 0. The first kappa shape index (κ1) is 11.9. The molecule has 0 atom stereocenters. The van der Waals surface area contributed by atoms with E-state index >= 15 is 0 Å². The molecule has 72 valence electrons. The van der Waals surface area contributed by atoms with Crippen LogP contribution in [-0.2, 0) is 0 Å². The number of rotatable bonds is 1. The van der Waals surface area contributed by atoms with Crippen molar-refractivity contribution < 1.29 is 27.9 Å². The standard InChI is InChI=1S/C7H7ClN2O2.ClH/c8-4-1-2-6(11)5(3-4)7(9)10-12;/h1-3,11-12H,(H2,9,10);1H. The number of amidine groups is 1. The number of nitrogen functional groups attached to an aromatic ring is 1. The molecule has 0 fully saturated rings. The number of benzene rings is 1. The van der Waals surface area contributed by atoms with Crippen LogP contribution < -0.4 is 23.3 Å². The van der Waals surface area contributed by atoms with Gasteiger partial charge >= 0.3 is 5.84 Å². The van der Waals surface area contributed by atoms with E-state index in [1.807, 2.05) is 0 Å². The largest absolute Gasteiger partial charge is 1.00 e. The van der Waals surface area contributed by atoms with Crippen molar-refractivity contribution in [1.29, 1.82) is 0 Å². The maximum Gasteiger partial charge on any atom is 0.315 e. The van der Waals surface area contributed by atoms with Crippen LogP contribution >= 0.6 is 11.6 Å². The van der Waals surface area contributed by atoms with Crippen molar-refractivity contribution in [2.45, 2.75) is 0 Å². The highest BCUT2D eigenvalue weighted by Gasteiger charge is 2.10. The van der Waals surface area contributed by atoms with Crippen molar-refractivity contribution in [2.75, 3.05) is 0 Å². The van der Waals surface area contributed by atoms with Crippen LogP contribution in [0.15, 0.2) is 18.2 Å². The van der Waals surface area contributed by atoms with Gasteiger partial charge in [-0.3, -0.25) is 5.73 Å². The predicted molar refractivity (Wildman–Crippen MR) is 44.2 cm³/mol. The zero-order valence-electron chi connectivity index (χ0n) is 6.46. The summed E-state index contributed by atoms with van der Waals surface area (Å²) in [4.78, 5) is 0. The minimum atomic E-state index is -0.0463. The highest BCUT2D eigenvalue weighted by atomic mass is 35.5. The van der Waals surface area contributed by atoms with E-state index in [2.05, 4.69) is 0 Å². The Morgan fingerprint density at radius 2 is 2.08 bits per heavy atom. The summed E-state index contributed by atoms with van der Waals surface area (Å²) in [5.74, 6) is -0.0894. The lowest BCUT2D eigenvalue weighted by Gasteiger charge is -1.98. The van der Waals surface area contributed by atoms with Gasteiger partial charge in [-0.15, -0.1) is 0 Å². The lowest BCUT2D eigenvalue weighted by molar-refractivity contribution is -0.737. The van der Waals surface area contributed by atoms with Gasteiger partial charge in [-0.1, -0.05) is 16.8 Å². The fourth-order valence-corrected chi connectivity index (χ4v) is 0.956. The van der Waals surface area contributed by atoms with Crippen LogP contribution in [0.3, 0.4) is 0 Å². The average molecular weight is 223 g/mol. The van der Waals surface area contributed by atoms with E-state index in [-0.39, 0.29) is 29.6 Å². The Balaban J connectivity index is 0.00000144. The lowest BCUT2D eigenvalue weighted by Crippen LogP contribution is -3.00. The average Bonchev–Trinajstić information content (AvgIpc) is 2.08. The van der Waals surface area contributed by atoms with Crippen LogP contribution in [0.25, 0.3) is 0 Å². The molecule has 0 unspecified atom stereocenters. The van der Waals surface area contributed by atoms with Gasteiger partial charge < -0.3 is 22.7 Å². The van der Waals surface area contributed by atoms with Crippen LogP contribution in [0.5, 0.6) is 5.75 Å². The Labute approximate surface area is 86.0 Å². The number of aromatic hydroxyl groups is 1. The van der Waals surface area contributed by atoms with Gasteiger partial charge in [0.25, 0.3) is 0 Å². The Bertz CT molecular complexity index is 328. The third-order valence-electron chi connectivity index (χ3n) is 1.37. The molecule has 4 nitrogen and oxygen atoms in total. The molecule has 0 bridgehead atoms. The first-order valence-corrected chi connectivity index (χ1v) is 3.54. The maximum atomic E-state index is 9.23. The molecule has 13 heavy (non-hydrogen) atoms. The number of halogens is 2. The van der Waals surface area contributed by atoms with Crippen molar-refractivity contribution >= 4 is 17.4 Å². The fraction of sp³-hybridized carbons (Fsp3) is 0. The van der Waals surface area contributed by atoms with Gasteiger partial charge in [0.15, 0.2) is 0 Å². The molecule has 1 aromatic carbocycles. The molecule has 0 radical (unpaired) electrons. The molecule has 0 saturated heterocycles. The Morgan fingerprint density at radius 1 is 1.46 bits per heavy atom. The quantitative estimate of drug-likeness (QED) is 0.171. The third-order valence-corrected chi connectivity index (χ3v) is 1.60. The minimum Gasteiger partial charge on any atom is -1.00 e. The summed E-state index contributed by atoms with van der Waals surface area (Å²) in [6.45, 7) is 0. The van der Waals surface area contributed by atoms with E-state index in [1.54, 1.807) is 5.16 Å². The van der Waals surface area contributed by atoms with E-state index < -0.39 is 0 Å². The van der Waals surface area contributed by atoms with Crippen molar-refractivity contribution in [3.05, 3.63) is 28.8 Å². The molecule has 0 aliphatic heterocycles. The van der Waals surface area contributed by atoms with Gasteiger partial charge in [-0.05, 0) is 18.2 Å². The van der Waals surface area contributed by atoms with Crippen LogP contribution in [0.4, 0.5) is 0 Å². The summed E-state index contributed by atoms with van der Waals surface area (Å²) >= 11 is 5.63. The monoisotopic (exact) mass is 222 g/mol. The summed E-state index contributed by atoms with van der Waals surface area (Å²) < 4.78 is 0. The molecule has 0 spiro atoms. The highest BCUT2D eigenvalue weighted by molar-refractivity contribution is 6.31. The van der Waals surface area contributed by atoms with Gasteiger partial charge in [0.2, 0.25) is 0 Å². The van der Waals surface area contributed by atoms with Gasteiger partial charge in [-0.25, -0.2) is 0 Å². The van der Waals surface area contributed by atoms with E-state index in [1.165, 1.54) is 18.2 Å². The number of nitrogens with two attached hydrogens (primary N) is 1. The Kier molecular flexibility index (Phi) is 4.37. The van der Waals surface area contributed by atoms with E-state index in [0.717, 1.165) is 0 Å². The topological polar surface area (TPSA) is 80.5 Å². The predicted octanol–water partition coefficient (Wildman–Crippen LogP) is -3.78. The highest BCUT2D eigenvalue weighted by Crippen LogP contribution is 2.19. The van der Waals surface area contributed by atoms with Crippen molar-refractivity contribution in [3.8, 4) is 5.75 Å². The third kappa shape index (κ3) is 2.68. The molecule has 1 rings (SSSR count). The second kappa shape index (κ2) is 4.79. The molecular formula is C7H8Cl2N2O2. The second-order valence-corrected chi connectivity index (χ2v) is 2.62. The molecule has 1 aromatic rings. The lowest BCUT2D eigenvalue weighted by atomic mass is 10.2. The van der Waals surface area contributed by atoms with Crippen LogP contribution in [0.2, 0.25) is 5.02 Å². The molecule has 0 heterocycles. The van der Waals surface area contributed by atoms with Gasteiger partial charge in [0.1, 0.15) is 11.3 Å². The zero-order chi connectivity index (χ0) is 9.14. The van der Waals surface area contributed by atoms with Crippen LogP contribution in [0, 0.1) is 0 Å². The smallest absolute Gasteiger partial charge is 0.315 e. The summed E-state index contributed by atoms with van der Waals surface area (Å²) in [6.07, 6.45) is 0. The van der Waals surface area contributed by atoms with E-state index in [9.17, 15) is 5.11 Å². The SMILES string of the molecule is N/C(=[NH+]\O)c1cc(Cl)ccc1O.[Cl-]. The zero-order valence-corrected chi connectivity index (χ0v) is 7.97. The summed E-state index contributed by atoms with van der Waals surface area (Å²) in [5, 5.41) is 19.8. The molecular weight excluding hydrogens is 215 g/mol. The maximum absolute atomic E-state index is 9.23. The molecule has 0 saturated carbocycles. The number of hydrogen-bond acceptors (Lipinski definition) is 2. The van der Waals surface area contributed by atoms with Gasteiger partial charge in [0.05, 0.1) is 0 Å². The minimum absolute atomic E-state index is 0. The van der Waals surface area contributed by atoms with Gasteiger partial charge in [-0.2, -0.15) is 0 Å². The van der Waals surface area contributed by atoms with Crippen LogP contribution in [0.1, 0.15) is 5.56 Å². The Morgan fingerprint density at radius 3 is 2.62 bits per heavy atom. The summed E-state index contributed by atoms with van der Waals surface area (Å²) in [5.41, 5.74) is 5.57. The normalized spacial score (nSPS) is 10.7. The van der Waals surface area contributed by atoms with Crippen molar-refractivity contribution in [1.82, 2.24) is 0 Å². The Hall–Kier alpha value is -1.13. The molecule has 0 aliphatic rings. The molecule has 0 aromatic heterocycles. The van der Waals surface area contributed by atoms with Crippen molar-refractivity contribution in [2.24, 2.45) is 5.73 Å². The molecule has 0 amide bonds.